The van der Waals surface area contributed by atoms with Crippen LogP contribution in [-0.2, 0) is 0 Å². The van der Waals surface area contributed by atoms with E-state index in [0.29, 0.717) is 11.1 Å². The standard InChI is InChI=1S/C17H32N2/c1-15(2)7-12-19-14-16(8-3-4-9-16)18-13-17(19)10-5-6-11-17/h15,18H,3-14H2,1-2H3. The van der Waals surface area contributed by atoms with Crippen LogP contribution in [0, 0.1) is 5.92 Å². The van der Waals surface area contributed by atoms with E-state index in [1.54, 1.807) is 0 Å². The minimum Gasteiger partial charge on any atom is -0.308 e. The first-order chi connectivity index (χ1) is 9.14. The number of piperazine rings is 1. The van der Waals surface area contributed by atoms with E-state index in [9.17, 15) is 0 Å². The van der Waals surface area contributed by atoms with Gasteiger partial charge in [0.25, 0.3) is 0 Å². The van der Waals surface area contributed by atoms with E-state index in [4.69, 9.17) is 0 Å². The average Bonchev–Trinajstić information content (AvgIpc) is 3.01. The molecule has 1 saturated heterocycles. The van der Waals surface area contributed by atoms with E-state index in [1.807, 2.05) is 0 Å². The van der Waals surface area contributed by atoms with Crippen LogP contribution in [0.1, 0.15) is 71.6 Å². The monoisotopic (exact) mass is 264 g/mol. The molecule has 19 heavy (non-hydrogen) atoms. The van der Waals surface area contributed by atoms with Gasteiger partial charge in [-0.25, -0.2) is 0 Å². The number of rotatable bonds is 3. The van der Waals surface area contributed by atoms with Gasteiger partial charge in [0.1, 0.15) is 0 Å². The van der Waals surface area contributed by atoms with Crippen molar-refractivity contribution in [3.63, 3.8) is 0 Å². The molecule has 2 heteroatoms. The van der Waals surface area contributed by atoms with Gasteiger partial charge >= 0.3 is 0 Å². The maximum absolute atomic E-state index is 4.00. The zero-order valence-electron chi connectivity index (χ0n) is 13.0. The van der Waals surface area contributed by atoms with Crippen molar-refractivity contribution in [3.8, 4) is 0 Å². The summed E-state index contributed by atoms with van der Waals surface area (Å²) >= 11 is 0. The molecule has 0 unspecified atom stereocenters. The van der Waals surface area contributed by atoms with Crippen molar-refractivity contribution in [1.29, 1.82) is 0 Å². The Labute approximate surface area is 119 Å². The third-order valence-corrected chi connectivity index (χ3v) is 6.03. The fraction of sp³-hybridized carbons (Fsp3) is 1.00. The molecule has 3 rings (SSSR count). The molecule has 0 radical (unpaired) electrons. The van der Waals surface area contributed by atoms with Crippen molar-refractivity contribution in [3.05, 3.63) is 0 Å². The van der Waals surface area contributed by atoms with Gasteiger partial charge in [0, 0.05) is 24.2 Å². The Hall–Kier alpha value is -0.0800. The van der Waals surface area contributed by atoms with Crippen LogP contribution in [0.15, 0.2) is 0 Å². The van der Waals surface area contributed by atoms with Crippen molar-refractivity contribution < 1.29 is 0 Å². The van der Waals surface area contributed by atoms with Crippen molar-refractivity contribution in [1.82, 2.24) is 10.2 Å². The van der Waals surface area contributed by atoms with E-state index in [2.05, 4.69) is 24.1 Å². The molecule has 1 N–H and O–H groups in total. The minimum atomic E-state index is 0.491. The maximum atomic E-state index is 4.00. The summed E-state index contributed by atoms with van der Waals surface area (Å²) < 4.78 is 0. The number of nitrogens with one attached hydrogen (secondary N) is 1. The molecular weight excluding hydrogens is 232 g/mol. The molecule has 110 valence electrons. The molecule has 2 spiro atoms. The zero-order chi connectivity index (χ0) is 13.3. The highest BCUT2D eigenvalue weighted by atomic mass is 15.3. The lowest BCUT2D eigenvalue weighted by Crippen LogP contribution is -2.68. The summed E-state index contributed by atoms with van der Waals surface area (Å²) in [5.74, 6) is 0.841. The second-order valence-corrected chi connectivity index (χ2v) is 7.88. The Morgan fingerprint density at radius 3 is 2.26 bits per heavy atom. The lowest BCUT2D eigenvalue weighted by molar-refractivity contribution is 0.00635. The first kappa shape index (κ1) is 13.9. The first-order valence-electron chi connectivity index (χ1n) is 8.64. The van der Waals surface area contributed by atoms with Gasteiger partial charge in [0.15, 0.2) is 0 Å². The van der Waals surface area contributed by atoms with Gasteiger partial charge in [0.2, 0.25) is 0 Å². The lowest BCUT2D eigenvalue weighted by Gasteiger charge is -2.53. The molecule has 2 saturated carbocycles. The smallest absolute Gasteiger partial charge is 0.0334 e. The number of nitrogens with zero attached hydrogens (tertiary/aromatic N) is 1. The van der Waals surface area contributed by atoms with Crippen molar-refractivity contribution in [2.24, 2.45) is 5.92 Å². The molecule has 0 bridgehead atoms. The van der Waals surface area contributed by atoms with Crippen molar-refractivity contribution in [2.75, 3.05) is 19.6 Å². The maximum Gasteiger partial charge on any atom is 0.0334 e. The summed E-state index contributed by atoms with van der Waals surface area (Å²) in [6.45, 7) is 8.68. The van der Waals surface area contributed by atoms with Gasteiger partial charge in [-0.15, -0.1) is 0 Å². The van der Waals surface area contributed by atoms with E-state index in [1.165, 1.54) is 77.4 Å². The Morgan fingerprint density at radius 1 is 1.00 bits per heavy atom. The molecule has 1 heterocycles. The fourth-order valence-corrected chi connectivity index (χ4v) is 4.70. The molecule has 0 aromatic rings. The molecule has 0 aromatic heterocycles. The molecule has 2 nitrogen and oxygen atoms in total. The van der Waals surface area contributed by atoms with Crippen LogP contribution in [0.4, 0.5) is 0 Å². The minimum absolute atomic E-state index is 0.491. The fourth-order valence-electron chi connectivity index (χ4n) is 4.70. The lowest BCUT2D eigenvalue weighted by atomic mass is 9.84. The predicted octanol–water partition coefficient (Wildman–Crippen LogP) is 3.56. The van der Waals surface area contributed by atoms with Crippen LogP contribution < -0.4 is 5.32 Å². The van der Waals surface area contributed by atoms with Gasteiger partial charge in [-0.3, -0.25) is 4.90 Å². The molecular formula is C17H32N2. The molecule has 3 aliphatic rings. The topological polar surface area (TPSA) is 15.3 Å². The highest BCUT2D eigenvalue weighted by Crippen LogP contribution is 2.42. The van der Waals surface area contributed by atoms with E-state index in [0.717, 1.165) is 5.92 Å². The molecule has 0 atom stereocenters. The number of hydrogen-bond donors (Lipinski definition) is 1. The average molecular weight is 264 g/mol. The number of hydrogen-bond acceptors (Lipinski definition) is 2. The molecule has 2 aliphatic carbocycles. The van der Waals surface area contributed by atoms with Crippen molar-refractivity contribution in [2.45, 2.75) is 82.7 Å². The summed E-state index contributed by atoms with van der Waals surface area (Å²) in [7, 11) is 0. The second-order valence-electron chi connectivity index (χ2n) is 7.88. The third kappa shape index (κ3) is 2.71. The van der Waals surface area contributed by atoms with Gasteiger partial charge in [-0.2, -0.15) is 0 Å². The van der Waals surface area contributed by atoms with Crippen LogP contribution in [0.2, 0.25) is 0 Å². The van der Waals surface area contributed by atoms with Gasteiger partial charge in [-0.05, 0) is 44.6 Å². The third-order valence-electron chi connectivity index (χ3n) is 6.03. The Kier molecular flexibility index (Phi) is 3.92. The van der Waals surface area contributed by atoms with E-state index in [-0.39, 0.29) is 0 Å². The largest absolute Gasteiger partial charge is 0.308 e. The molecule has 1 aliphatic heterocycles. The molecule has 3 fully saturated rings. The predicted molar refractivity (Wildman–Crippen MR) is 81.4 cm³/mol. The normalized spacial score (nSPS) is 29.8. The van der Waals surface area contributed by atoms with Crippen LogP contribution in [0.3, 0.4) is 0 Å². The summed E-state index contributed by atoms with van der Waals surface area (Å²) in [5.41, 5.74) is 1.02. The van der Waals surface area contributed by atoms with Crippen LogP contribution in [-0.4, -0.2) is 35.6 Å². The van der Waals surface area contributed by atoms with Crippen LogP contribution in [0.25, 0.3) is 0 Å². The van der Waals surface area contributed by atoms with Gasteiger partial charge < -0.3 is 5.32 Å². The highest BCUT2D eigenvalue weighted by molar-refractivity contribution is 5.08. The quantitative estimate of drug-likeness (QED) is 0.838. The van der Waals surface area contributed by atoms with E-state index < -0.39 is 0 Å². The summed E-state index contributed by atoms with van der Waals surface area (Å²) in [5, 5.41) is 4.00. The zero-order valence-corrected chi connectivity index (χ0v) is 13.0. The molecule has 0 amide bonds. The first-order valence-corrected chi connectivity index (χ1v) is 8.64. The van der Waals surface area contributed by atoms with Crippen LogP contribution >= 0.6 is 0 Å². The molecule has 0 aromatic carbocycles. The highest BCUT2D eigenvalue weighted by Gasteiger charge is 2.48. The SMILES string of the molecule is CC(C)CCN1CC2(CCCC2)NCC12CCCC2. The Bertz CT molecular complexity index is 298. The van der Waals surface area contributed by atoms with Gasteiger partial charge in [0.05, 0.1) is 0 Å². The second kappa shape index (κ2) is 5.37. The van der Waals surface area contributed by atoms with Crippen molar-refractivity contribution >= 4 is 0 Å². The summed E-state index contributed by atoms with van der Waals surface area (Å²) in [6, 6.07) is 0. The summed E-state index contributed by atoms with van der Waals surface area (Å²) in [6.07, 6.45) is 12.9. The van der Waals surface area contributed by atoms with Crippen LogP contribution in [0.5, 0.6) is 0 Å². The van der Waals surface area contributed by atoms with Gasteiger partial charge in [-0.1, -0.05) is 39.5 Å². The Morgan fingerprint density at radius 2 is 1.63 bits per heavy atom. The van der Waals surface area contributed by atoms with E-state index >= 15 is 0 Å². The summed E-state index contributed by atoms with van der Waals surface area (Å²) in [4.78, 5) is 2.92. The Balaban J connectivity index is 1.71.